The normalized spacial score (nSPS) is 23.0. The Labute approximate surface area is 91.4 Å². The molecule has 0 aromatic carbocycles. The van der Waals surface area contributed by atoms with Crippen molar-refractivity contribution in [2.24, 2.45) is 0 Å². The summed E-state index contributed by atoms with van der Waals surface area (Å²) in [6.45, 7) is 9.05. The van der Waals surface area contributed by atoms with Crippen molar-refractivity contribution in [1.82, 2.24) is 10.0 Å². The van der Waals surface area contributed by atoms with E-state index >= 15 is 0 Å². The number of carbonyl (C=O) groups is 1. The molecule has 1 heterocycles. The highest BCUT2D eigenvalue weighted by atomic mass is 16.1. The second-order valence-corrected chi connectivity index (χ2v) is 4.51. The molecule has 83 valence electrons. The van der Waals surface area contributed by atoms with Crippen LogP contribution in [-0.4, -0.2) is 41.0 Å². The summed E-state index contributed by atoms with van der Waals surface area (Å²) in [6, 6.07) is 2.16. The molecular formula is C11H18N3O. The Bertz CT molecular complexity index is 264. The maximum atomic E-state index is 10.6. The third-order valence-electron chi connectivity index (χ3n) is 2.63. The Morgan fingerprint density at radius 2 is 2.40 bits per heavy atom. The molecule has 0 saturated carbocycles. The molecular weight excluding hydrogens is 190 g/mol. The zero-order valence-corrected chi connectivity index (χ0v) is 9.44. The van der Waals surface area contributed by atoms with Gasteiger partial charge in [0.1, 0.15) is 12.3 Å². The lowest BCUT2D eigenvalue weighted by Gasteiger charge is -2.41. The summed E-state index contributed by atoms with van der Waals surface area (Å²) in [6.07, 6.45) is 2.74. The minimum atomic E-state index is -0.361. The van der Waals surface area contributed by atoms with Gasteiger partial charge in [-0.25, -0.2) is 10.0 Å². The Hall–Kier alpha value is -0.920. The number of carbonyl (C=O) groups excluding carboxylic acids is 1. The van der Waals surface area contributed by atoms with E-state index < -0.39 is 0 Å². The third kappa shape index (κ3) is 2.77. The summed E-state index contributed by atoms with van der Waals surface area (Å²) < 4.78 is 0. The number of aldehydes is 1. The molecule has 1 aliphatic heterocycles. The van der Waals surface area contributed by atoms with Crippen molar-refractivity contribution < 1.29 is 4.79 Å². The standard InChI is InChI=1S/C11H18N3O/c1-11(2,3)14(7-8-15)13-6-4-5-10(13)9-12/h8,10H,1,4-7H2,2-3H3/t10-/m0/s1. The molecule has 0 unspecified atom stereocenters. The Morgan fingerprint density at radius 3 is 2.87 bits per heavy atom. The van der Waals surface area contributed by atoms with Crippen LogP contribution in [0.15, 0.2) is 0 Å². The van der Waals surface area contributed by atoms with Crippen LogP contribution in [0.4, 0.5) is 0 Å². The van der Waals surface area contributed by atoms with Crippen LogP contribution < -0.4 is 0 Å². The number of rotatable bonds is 4. The molecule has 0 N–H and O–H groups in total. The molecule has 1 saturated heterocycles. The van der Waals surface area contributed by atoms with E-state index in [2.05, 4.69) is 13.0 Å². The maximum Gasteiger partial charge on any atom is 0.135 e. The van der Waals surface area contributed by atoms with E-state index in [1.807, 2.05) is 23.9 Å². The number of hydrogen-bond donors (Lipinski definition) is 0. The van der Waals surface area contributed by atoms with E-state index in [0.29, 0.717) is 6.54 Å². The molecule has 0 aromatic rings. The first-order valence-corrected chi connectivity index (χ1v) is 5.23. The van der Waals surface area contributed by atoms with E-state index in [-0.39, 0.29) is 11.6 Å². The van der Waals surface area contributed by atoms with Crippen molar-refractivity contribution in [1.29, 1.82) is 5.26 Å². The zero-order chi connectivity index (χ0) is 11.5. The van der Waals surface area contributed by atoms with Gasteiger partial charge in [0.2, 0.25) is 0 Å². The Kier molecular flexibility index (Phi) is 3.83. The summed E-state index contributed by atoms with van der Waals surface area (Å²) in [7, 11) is 0. The molecule has 0 amide bonds. The predicted octanol–water partition coefficient (Wildman–Crippen LogP) is 1.00. The van der Waals surface area contributed by atoms with Gasteiger partial charge >= 0.3 is 0 Å². The van der Waals surface area contributed by atoms with Crippen molar-refractivity contribution in [3.63, 3.8) is 0 Å². The van der Waals surface area contributed by atoms with Crippen LogP contribution in [0, 0.1) is 18.3 Å². The smallest absolute Gasteiger partial charge is 0.135 e. The van der Waals surface area contributed by atoms with Gasteiger partial charge in [0.15, 0.2) is 0 Å². The van der Waals surface area contributed by atoms with Gasteiger partial charge in [0, 0.05) is 12.1 Å². The van der Waals surface area contributed by atoms with Gasteiger partial charge < -0.3 is 4.79 Å². The highest BCUT2D eigenvalue weighted by Crippen LogP contribution is 2.24. The largest absolute Gasteiger partial charge is 0.302 e. The SMILES string of the molecule is [CH2]C(C)(C)N(CC=O)N1CCC[C@H]1C#N. The quantitative estimate of drug-likeness (QED) is 0.647. The molecule has 4 heteroatoms. The van der Waals surface area contributed by atoms with Gasteiger partial charge in [0.05, 0.1) is 12.6 Å². The van der Waals surface area contributed by atoms with Gasteiger partial charge in [-0.3, -0.25) is 0 Å². The van der Waals surface area contributed by atoms with Gasteiger partial charge in [-0.15, -0.1) is 0 Å². The molecule has 0 aromatic heterocycles. The summed E-state index contributed by atoms with van der Waals surface area (Å²) in [5, 5.41) is 12.9. The van der Waals surface area contributed by atoms with Crippen molar-refractivity contribution in [3.8, 4) is 6.07 Å². The molecule has 0 spiro atoms. The van der Waals surface area contributed by atoms with E-state index in [4.69, 9.17) is 5.26 Å². The lowest BCUT2D eigenvalue weighted by Crippen LogP contribution is -2.55. The summed E-state index contributed by atoms with van der Waals surface area (Å²) in [5.41, 5.74) is -0.361. The number of hydrazine groups is 1. The maximum absolute atomic E-state index is 10.6. The van der Waals surface area contributed by atoms with Crippen LogP contribution in [0.5, 0.6) is 0 Å². The van der Waals surface area contributed by atoms with Crippen LogP contribution in [0.3, 0.4) is 0 Å². The lowest BCUT2D eigenvalue weighted by atomic mass is 10.1. The highest BCUT2D eigenvalue weighted by molar-refractivity contribution is 5.52. The Morgan fingerprint density at radius 1 is 1.73 bits per heavy atom. The van der Waals surface area contributed by atoms with Crippen LogP contribution in [0.1, 0.15) is 26.7 Å². The first-order valence-electron chi connectivity index (χ1n) is 5.23. The fraction of sp³-hybridized carbons (Fsp3) is 0.727. The molecule has 15 heavy (non-hydrogen) atoms. The molecule has 4 nitrogen and oxygen atoms in total. The van der Waals surface area contributed by atoms with Crippen molar-refractivity contribution in [2.45, 2.75) is 38.3 Å². The molecule has 1 radical (unpaired) electrons. The first kappa shape index (κ1) is 12.2. The van der Waals surface area contributed by atoms with Crippen molar-refractivity contribution >= 4 is 6.29 Å². The second-order valence-electron chi connectivity index (χ2n) is 4.51. The van der Waals surface area contributed by atoms with Crippen LogP contribution >= 0.6 is 0 Å². The number of nitriles is 1. The summed E-state index contributed by atoms with van der Waals surface area (Å²) in [5.74, 6) is 0. The van der Waals surface area contributed by atoms with E-state index in [1.54, 1.807) is 0 Å². The molecule has 1 fully saturated rings. The van der Waals surface area contributed by atoms with E-state index in [9.17, 15) is 4.79 Å². The van der Waals surface area contributed by atoms with Gasteiger partial charge in [-0.05, 0) is 33.6 Å². The second kappa shape index (κ2) is 4.73. The highest BCUT2D eigenvalue weighted by Gasteiger charge is 2.34. The third-order valence-corrected chi connectivity index (χ3v) is 2.63. The summed E-state index contributed by atoms with van der Waals surface area (Å²) >= 11 is 0. The van der Waals surface area contributed by atoms with Crippen LogP contribution in [0.2, 0.25) is 0 Å². The fourth-order valence-electron chi connectivity index (χ4n) is 1.94. The Balaban J connectivity index is 2.80. The zero-order valence-electron chi connectivity index (χ0n) is 9.44. The van der Waals surface area contributed by atoms with Gasteiger partial charge in [-0.2, -0.15) is 5.26 Å². The number of hydrogen-bond acceptors (Lipinski definition) is 4. The van der Waals surface area contributed by atoms with Crippen molar-refractivity contribution in [3.05, 3.63) is 6.92 Å². The molecule has 1 rings (SSSR count). The molecule has 1 aliphatic rings. The van der Waals surface area contributed by atoms with Crippen LogP contribution in [0.25, 0.3) is 0 Å². The average Bonchev–Trinajstić information content (AvgIpc) is 2.59. The monoisotopic (exact) mass is 208 g/mol. The minimum Gasteiger partial charge on any atom is -0.302 e. The predicted molar refractivity (Wildman–Crippen MR) is 57.5 cm³/mol. The molecule has 0 bridgehead atoms. The first-order chi connectivity index (χ1) is 7.00. The van der Waals surface area contributed by atoms with E-state index in [0.717, 1.165) is 25.7 Å². The summed E-state index contributed by atoms with van der Waals surface area (Å²) in [4.78, 5) is 10.6. The van der Waals surface area contributed by atoms with Crippen LogP contribution in [-0.2, 0) is 4.79 Å². The van der Waals surface area contributed by atoms with Gasteiger partial charge in [-0.1, -0.05) is 0 Å². The van der Waals surface area contributed by atoms with E-state index in [1.165, 1.54) is 0 Å². The fourth-order valence-corrected chi connectivity index (χ4v) is 1.94. The average molecular weight is 208 g/mol. The van der Waals surface area contributed by atoms with Crippen molar-refractivity contribution in [2.75, 3.05) is 13.1 Å². The van der Waals surface area contributed by atoms with Gasteiger partial charge in [0.25, 0.3) is 0 Å². The molecule has 1 atom stereocenters. The topological polar surface area (TPSA) is 47.3 Å². The number of nitrogens with zero attached hydrogens (tertiary/aromatic N) is 3. The molecule has 0 aliphatic carbocycles. The lowest BCUT2D eigenvalue weighted by molar-refractivity contribution is -0.121. The minimum absolute atomic E-state index is 0.106.